The highest BCUT2D eigenvalue weighted by Crippen LogP contribution is 2.02. The van der Waals surface area contributed by atoms with Crippen molar-refractivity contribution < 1.29 is 10.4 Å². The predicted molar refractivity (Wildman–Crippen MR) is 62.7 cm³/mol. The Bertz CT molecular complexity index is 242. The van der Waals surface area contributed by atoms with Gasteiger partial charge in [0.05, 0.1) is 11.4 Å². The minimum atomic E-state index is 0.720. The summed E-state index contributed by atoms with van der Waals surface area (Å²) in [5.74, 6) is 0. The zero-order chi connectivity index (χ0) is 12.0. The average Bonchev–Trinajstić information content (AvgIpc) is 2.31. The Hall–Kier alpha value is -1.14. The minimum Gasteiger partial charge on any atom is -0.411 e. The molecule has 1 heterocycles. The lowest BCUT2D eigenvalue weighted by Gasteiger charge is -2.34. The fourth-order valence-electron chi connectivity index (χ4n) is 1.82. The lowest BCUT2D eigenvalue weighted by Crippen LogP contribution is -2.48. The Morgan fingerprint density at radius 1 is 0.875 bits per heavy atom. The molecule has 92 valence electrons. The smallest absolute Gasteiger partial charge is 0.0679 e. The second kappa shape index (κ2) is 6.44. The molecule has 0 bridgehead atoms. The van der Waals surface area contributed by atoms with E-state index in [9.17, 15) is 0 Å². The van der Waals surface area contributed by atoms with Gasteiger partial charge in [-0.2, -0.15) is 0 Å². The summed E-state index contributed by atoms with van der Waals surface area (Å²) < 4.78 is 0. The normalized spacial score (nSPS) is 21.4. The highest BCUT2D eigenvalue weighted by molar-refractivity contribution is 5.83. The first-order valence-corrected chi connectivity index (χ1v) is 5.45. The summed E-state index contributed by atoms with van der Waals surface area (Å²) in [7, 11) is 0. The molecular formula is C10H20N4O2. The highest BCUT2D eigenvalue weighted by atomic mass is 16.4. The van der Waals surface area contributed by atoms with Crippen LogP contribution in [-0.4, -0.2) is 70.9 Å². The third-order valence-corrected chi connectivity index (χ3v) is 2.71. The van der Waals surface area contributed by atoms with E-state index in [1.807, 2.05) is 13.8 Å². The first kappa shape index (κ1) is 12.9. The average molecular weight is 228 g/mol. The van der Waals surface area contributed by atoms with Gasteiger partial charge in [-0.05, 0) is 13.8 Å². The van der Waals surface area contributed by atoms with Crippen molar-refractivity contribution in [1.29, 1.82) is 0 Å². The van der Waals surface area contributed by atoms with Gasteiger partial charge in [-0.3, -0.25) is 9.80 Å². The second-order valence-electron chi connectivity index (χ2n) is 4.22. The lowest BCUT2D eigenvalue weighted by molar-refractivity contribution is 0.158. The summed E-state index contributed by atoms with van der Waals surface area (Å²) in [5, 5.41) is 23.5. The van der Waals surface area contributed by atoms with Crippen LogP contribution in [0.25, 0.3) is 0 Å². The van der Waals surface area contributed by atoms with Gasteiger partial charge in [0.25, 0.3) is 0 Å². The molecule has 0 aromatic rings. The van der Waals surface area contributed by atoms with E-state index in [-0.39, 0.29) is 0 Å². The molecule has 0 aromatic heterocycles. The van der Waals surface area contributed by atoms with E-state index < -0.39 is 0 Å². The van der Waals surface area contributed by atoms with Gasteiger partial charge in [-0.25, -0.2) is 0 Å². The van der Waals surface area contributed by atoms with Crippen LogP contribution in [0.2, 0.25) is 0 Å². The molecule has 0 aliphatic carbocycles. The van der Waals surface area contributed by atoms with Crippen LogP contribution in [0.15, 0.2) is 10.3 Å². The molecule has 0 atom stereocenters. The molecule has 0 saturated carbocycles. The minimum absolute atomic E-state index is 0.720. The number of hydrogen-bond acceptors (Lipinski definition) is 6. The molecule has 0 spiro atoms. The van der Waals surface area contributed by atoms with E-state index in [2.05, 4.69) is 20.1 Å². The number of rotatable bonds is 4. The van der Waals surface area contributed by atoms with E-state index in [0.717, 1.165) is 50.7 Å². The lowest BCUT2D eigenvalue weighted by atomic mass is 10.2. The van der Waals surface area contributed by atoms with Gasteiger partial charge in [0.15, 0.2) is 0 Å². The van der Waals surface area contributed by atoms with E-state index in [1.54, 1.807) is 0 Å². The summed E-state index contributed by atoms with van der Waals surface area (Å²) in [6, 6.07) is 0. The van der Waals surface area contributed by atoms with Crippen LogP contribution in [0.1, 0.15) is 13.8 Å². The largest absolute Gasteiger partial charge is 0.411 e. The molecule has 0 aromatic carbocycles. The first-order chi connectivity index (χ1) is 7.65. The maximum Gasteiger partial charge on any atom is 0.0679 e. The van der Waals surface area contributed by atoms with Gasteiger partial charge >= 0.3 is 0 Å². The third-order valence-electron chi connectivity index (χ3n) is 2.71. The third kappa shape index (κ3) is 4.16. The van der Waals surface area contributed by atoms with Crippen LogP contribution >= 0.6 is 0 Å². The molecule has 0 unspecified atom stereocenters. The van der Waals surface area contributed by atoms with Crippen molar-refractivity contribution in [2.45, 2.75) is 13.8 Å². The Morgan fingerprint density at radius 3 is 1.44 bits per heavy atom. The number of nitrogens with zero attached hydrogens (tertiary/aromatic N) is 4. The van der Waals surface area contributed by atoms with Crippen molar-refractivity contribution >= 4 is 11.4 Å². The van der Waals surface area contributed by atoms with Crippen molar-refractivity contribution in [3.63, 3.8) is 0 Å². The standard InChI is InChI=1S/C10H20N4O2/c1-9(11-15)7-13-3-5-14(6-4-13)8-10(2)12-16/h15-16H,3-8H2,1-2H3/b11-9+,12-10+. The zero-order valence-corrected chi connectivity index (χ0v) is 9.93. The Kier molecular flexibility index (Phi) is 5.21. The summed E-state index contributed by atoms with van der Waals surface area (Å²) >= 11 is 0. The number of piperazine rings is 1. The predicted octanol–water partition coefficient (Wildman–Crippen LogP) is 0.304. The van der Waals surface area contributed by atoms with E-state index >= 15 is 0 Å². The topological polar surface area (TPSA) is 71.7 Å². The quantitative estimate of drug-likeness (QED) is 0.412. The van der Waals surface area contributed by atoms with Crippen molar-refractivity contribution in [3.8, 4) is 0 Å². The Morgan fingerprint density at radius 2 is 1.19 bits per heavy atom. The molecule has 1 fully saturated rings. The number of oxime groups is 2. The first-order valence-electron chi connectivity index (χ1n) is 5.45. The van der Waals surface area contributed by atoms with E-state index in [1.165, 1.54) is 0 Å². The van der Waals surface area contributed by atoms with Crippen LogP contribution in [0.3, 0.4) is 0 Å². The molecule has 0 radical (unpaired) electrons. The SMILES string of the molecule is C/C(CN1CCN(C/C(C)=N/O)CC1)=N\O. The molecule has 6 heteroatoms. The molecule has 1 aliphatic heterocycles. The molecular weight excluding hydrogens is 208 g/mol. The fourth-order valence-corrected chi connectivity index (χ4v) is 1.82. The van der Waals surface area contributed by atoms with Crippen molar-refractivity contribution in [2.24, 2.45) is 10.3 Å². The molecule has 1 rings (SSSR count). The molecule has 16 heavy (non-hydrogen) atoms. The van der Waals surface area contributed by atoms with Gasteiger partial charge in [0.1, 0.15) is 0 Å². The Labute approximate surface area is 95.8 Å². The van der Waals surface area contributed by atoms with Crippen LogP contribution in [-0.2, 0) is 0 Å². The van der Waals surface area contributed by atoms with Crippen molar-refractivity contribution in [1.82, 2.24) is 9.80 Å². The van der Waals surface area contributed by atoms with E-state index in [0.29, 0.717) is 0 Å². The highest BCUT2D eigenvalue weighted by Gasteiger charge is 2.17. The van der Waals surface area contributed by atoms with Crippen LogP contribution < -0.4 is 0 Å². The van der Waals surface area contributed by atoms with Crippen LogP contribution in [0.4, 0.5) is 0 Å². The zero-order valence-electron chi connectivity index (χ0n) is 9.93. The van der Waals surface area contributed by atoms with Gasteiger partial charge in [0.2, 0.25) is 0 Å². The van der Waals surface area contributed by atoms with Gasteiger partial charge < -0.3 is 10.4 Å². The van der Waals surface area contributed by atoms with Gasteiger partial charge in [-0.1, -0.05) is 10.3 Å². The second-order valence-corrected chi connectivity index (χ2v) is 4.22. The Balaban J connectivity index is 2.28. The summed E-state index contributed by atoms with van der Waals surface area (Å²) in [4.78, 5) is 4.49. The van der Waals surface area contributed by atoms with Crippen LogP contribution in [0, 0.1) is 0 Å². The van der Waals surface area contributed by atoms with Crippen molar-refractivity contribution in [2.75, 3.05) is 39.3 Å². The summed E-state index contributed by atoms with van der Waals surface area (Å²) in [6.07, 6.45) is 0. The molecule has 2 N–H and O–H groups in total. The van der Waals surface area contributed by atoms with Gasteiger partial charge in [-0.15, -0.1) is 0 Å². The van der Waals surface area contributed by atoms with Gasteiger partial charge in [0, 0.05) is 39.3 Å². The molecule has 0 amide bonds. The maximum atomic E-state index is 8.58. The monoisotopic (exact) mass is 228 g/mol. The summed E-state index contributed by atoms with van der Waals surface area (Å²) in [6.45, 7) is 8.87. The molecule has 6 nitrogen and oxygen atoms in total. The number of hydrogen-bond donors (Lipinski definition) is 2. The molecule has 1 aliphatic rings. The molecule has 1 saturated heterocycles. The maximum absolute atomic E-state index is 8.58. The fraction of sp³-hybridized carbons (Fsp3) is 0.800. The van der Waals surface area contributed by atoms with Crippen molar-refractivity contribution in [3.05, 3.63) is 0 Å². The van der Waals surface area contributed by atoms with Crippen LogP contribution in [0.5, 0.6) is 0 Å². The summed E-state index contributed by atoms with van der Waals surface area (Å²) in [5.41, 5.74) is 1.48. The van der Waals surface area contributed by atoms with E-state index in [4.69, 9.17) is 10.4 Å².